The zero-order chi connectivity index (χ0) is 13.0. The lowest BCUT2D eigenvalue weighted by molar-refractivity contribution is 0.406. The van der Waals surface area contributed by atoms with Crippen LogP contribution in [-0.2, 0) is 13.0 Å². The van der Waals surface area contributed by atoms with E-state index in [1.807, 2.05) is 24.5 Å². The Kier molecular flexibility index (Phi) is 3.99. The largest absolute Gasteiger partial charge is 0.508 e. The number of hydrogen-bond donors (Lipinski definition) is 1. The van der Waals surface area contributed by atoms with Crippen LogP contribution in [0, 0.1) is 0 Å². The minimum atomic E-state index is 0.308. The summed E-state index contributed by atoms with van der Waals surface area (Å²) in [5.74, 6) is 1.38. The van der Waals surface area contributed by atoms with Crippen LogP contribution in [0.1, 0.15) is 11.4 Å². The molecule has 0 unspecified atom stereocenters. The van der Waals surface area contributed by atoms with E-state index >= 15 is 0 Å². The molecule has 1 aromatic carbocycles. The molecule has 0 aliphatic heterocycles. The lowest BCUT2D eigenvalue weighted by atomic mass is 10.2. The Morgan fingerprint density at radius 2 is 2.17 bits per heavy atom. The number of aromatic nitrogens is 2. The molecule has 4 heteroatoms. The lowest BCUT2D eigenvalue weighted by Crippen LogP contribution is -2.17. The van der Waals surface area contributed by atoms with E-state index in [2.05, 4.69) is 28.5 Å². The summed E-state index contributed by atoms with van der Waals surface area (Å²) in [6.45, 7) is 1.73. The first kappa shape index (κ1) is 12.6. The fraction of sp³-hybridized carbons (Fsp3) is 0.357. The summed E-state index contributed by atoms with van der Waals surface area (Å²) in [5.41, 5.74) is 1.08. The molecule has 0 saturated carbocycles. The monoisotopic (exact) mass is 245 g/mol. The fourth-order valence-corrected chi connectivity index (χ4v) is 1.89. The quantitative estimate of drug-likeness (QED) is 0.872. The summed E-state index contributed by atoms with van der Waals surface area (Å²) in [4.78, 5) is 6.53. The van der Waals surface area contributed by atoms with Gasteiger partial charge in [-0.1, -0.05) is 12.1 Å². The summed E-state index contributed by atoms with van der Waals surface area (Å²) < 4.78 is 2.12. The molecule has 0 aliphatic carbocycles. The molecular formula is C14H19N3O. The van der Waals surface area contributed by atoms with Crippen molar-refractivity contribution in [2.24, 2.45) is 0 Å². The Morgan fingerprint density at radius 3 is 2.89 bits per heavy atom. The van der Waals surface area contributed by atoms with Gasteiger partial charge in [-0.3, -0.25) is 0 Å². The van der Waals surface area contributed by atoms with Gasteiger partial charge in [-0.15, -0.1) is 0 Å². The number of phenolic OH excluding ortho intramolecular Hbond substituents is 1. The third-order valence-corrected chi connectivity index (χ3v) is 2.85. The predicted molar refractivity (Wildman–Crippen MR) is 71.7 cm³/mol. The van der Waals surface area contributed by atoms with Gasteiger partial charge in [0.1, 0.15) is 11.6 Å². The van der Waals surface area contributed by atoms with Gasteiger partial charge in [-0.25, -0.2) is 4.98 Å². The zero-order valence-corrected chi connectivity index (χ0v) is 10.9. The minimum Gasteiger partial charge on any atom is -0.508 e. The van der Waals surface area contributed by atoms with E-state index < -0.39 is 0 Å². The van der Waals surface area contributed by atoms with Gasteiger partial charge in [0.05, 0.1) is 0 Å². The number of likely N-dealkylation sites (N-methyl/N-ethyl adjacent to an activating group) is 1. The third kappa shape index (κ3) is 3.34. The molecule has 0 saturated heterocycles. The molecule has 1 N–H and O–H groups in total. The van der Waals surface area contributed by atoms with Gasteiger partial charge in [0.25, 0.3) is 0 Å². The van der Waals surface area contributed by atoms with Crippen molar-refractivity contribution in [1.29, 1.82) is 0 Å². The molecule has 1 heterocycles. The highest BCUT2D eigenvalue weighted by Crippen LogP contribution is 2.13. The maximum absolute atomic E-state index is 9.46. The second kappa shape index (κ2) is 5.69. The standard InChI is InChI=1S/C14H19N3O/c1-16(2)8-6-14-15-7-9-17(14)11-12-4-3-5-13(18)10-12/h3-5,7,9-10,18H,6,8,11H2,1-2H3. The first-order valence-electron chi connectivity index (χ1n) is 6.08. The van der Waals surface area contributed by atoms with Crippen LogP contribution in [0.3, 0.4) is 0 Å². The molecule has 0 fully saturated rings. The van der Waals surface area contributed by atoms with E-state index in [0.29, 0.717) is 5.75 Å². The van der Waals surface area contributed by atoms with Crippen molar-refractivity contribution < 1.29 is 5.11 Å². The molecule has 0 aliphatic rings. The van der Waals surface area contributed by atoms with Crippen LogP contribution in [0.4, 0.5) is 0 Å². The SMILES string of the molecule is CN(C)CCc1nccn1Cc1cccc(O)c1. The Balaban J connectivity index is 2.07. The average molecular weight is 245 g/mol. The van der Waals surface area contributed by atoms with Crippen molar-refractivity contribution in [3.8, 4) is 5.75 Å². The molecule has 1 aromatic heterocycles. The Morgan fingerprint density at radius 1 is 1.33 bits per heavy atom. The molecule has 0 atom stereocenters. The number of benzene rings is 1. The molecule has 0 spiro atoms. The maximum Gasteiger partial charge on any atom is 0.115 e. The van der Waals surface area contributed by atoms with Crippen molar-refractivity contribution >= 4 is 0 Å². The van der Waals surface area contributed by atoms with Crippen LogP contribution in [0.25, 0.3) is 0 Å². The Labute approximate surface area is 108 Å². The van der Waals surface area contributed by atoms with Gasteiger partial charge in [-0.05, 0) is 31.8 Å². The highest BCUT2D eigenvalue weighted by molar-refractivity contribution is 5.27. The van der Waals surface area contributed by atoms with Crippen LogP contribution in [0.15, 0.2) is 36.7 Å². The van der Waals surface area contributed by atoms with Crippen LogP contribution >= 0.6 is 0 Å². The van der Waals surface area contributed by atoms with E-state index in [-0.39, 0.29) is 0 Å². The molecule has 2 rings (SSSR count). The maximum atomic E-state index is 9.46. The van der Waals surface area contributed by atoms with Gasteiger partial charge in [0, 0.05) is 31.9 Å². The molecule has 0 bridgehead atoms. The summed E-state index contributed by atoms with van der Waals surface area (Å²) in [6.07, 6.45) is 4.74. The van der Waals surface area contributed by atoms with Crippen LogP contribution in [-0.4, -0.2) is 40.2 Å². The zero-order valence-electron chi connectivity index (χ0n) is 10.9. The van der Waals surface area contributed by atoms with Gasteiger partial charge in [0.15, 0.2) is 0 Å². The van der Waals surface area contributed by atoms with Crippen LogP contribution in [0.2, 0.25) is 0 Å². The van der Waals surface area contributed by atoms with Crippen molar-refractivity contribution in [2.45, 2.75) is 13.0 Å². The molecular weight excluding hydrogens is 226 g/mol. The van der Waals surface area contributed by atoms with E-state index in [1.165, 1.54) is 0 Å². The minimum absolute atomic E-state index is 0.308. The number of hydrogen-bond acceptors (Lipinski definition) is 3. The highest BCUT2D eigenvalue weighted by Gasteiger charge is 2.04. The molecule has 96 valence electrons. The van der Waals surface area contributed by atoms with E-state index in [1.54, 1.807) is 12.1 Å². The second-order valence-electron chi connectivity index (χ2n) is 4.69. The van der Waals surface area contributed by atoms with Gasteiger partial charge in [-0.2, -0.15) is 0 Å². The Hall–Kier alpha value is -1.81. The number of aromatic hydroxyl groups is 1. The number of rotatable bonds is 5. The Bertz CT molecular complexity index is 505. The second-order valence-corrected chi connectivity index (χ2v) is 4.69. The number of imidazole rings is 1. The van der Waals surface area contributed by atoms with Gasteiger partial charge >= 0.3 is 0 Å². The third-order valence-electron chi connectivity index (χ3n) is 2.85. The van der Waals surface area contributed by atoms with Crippen molar-refractivity contribution in [3.63, 3.8) is 0 Å². The smallest absolute Gasteiger partial charge is 0.115 e. The summed E-state index contributed by atoms with van der Waals surface area (Å²) in [7, 11) is 4.12. The molecule has 2 aromatic rings. The molecule has 0 radical (unpaired) electrons. The summed E-state index contributed by atoms with van der Waals surface area (Å²) in [5, 5.41) is 9.46. The van der Waals surface area contributed by atoms with Gasteiger partial charge < -0.3 is 14.6 Å². The van der Waals surface area contributed by atoms with E-state index in [9.17, 15) is 5.11 Å². The predicted octanol–water partition coefficient (Wildman–Crippen LogP) is 1.74. The van der Waals surface area contributed by atoms with Crippen molar-refractivity contribution in [3.05, 3.63) is 48.0 Å². The first-order chi connectivity index (χ1) is 8.65. The van der Waals surface area contributed by atoms with Crippen molar-refractivity contribution in [2.75, 3.05) is 20.6 Å². The topological polar surface area (TPSA) is 41.3 Å². The van der Waals surface area contributed by atoms with Crippen molar-refractivity contribution in [1.82, 2.24) is 14.5 Å². The number of phenols is 1. The van der Waals surface area contributed by atoms with E-state index in [4.69, 9.17) is 0 Å². The summed E-state index contributed by atoms with van der Waals surface area (Å²) >= 11 is 0. The lowest BCUT2D eigenvalue weighted by Gasteiger charge is -2.11. The van der Waals surface area contributed by atoms with Gasteiger partial charge in [0.2, 0.25) is 0 Å². The molecule has 4 nitrogen and oxygen atoms in total. The first-order valence-corrected chi connectivity index (χ1v) is 6.08. The number of nitrogens with zero attached hydrogens (tertiary/aromatic N) is 3. The molecule has 0 amide bonds. The molecule has 18 heavy (non-hydrogen) atoms. The highest BCUT2D eigenvalue weighted by atomic mass is 16.3. The summed E-state index contributed by atoms with van der Waals surface area (Å²) in [6, 6.07) is 7.34. The average Bonchev–Trinajstić information content (AvgIpc) is 2.74. The van der Waals surface area contributed by atoms with E-state index in [0.717, 1.165) is 30.9 Å². The van der Waals surface area contributed by atoms with Crippen LogP contribution in [0.5, 0.6) is 5.75 Å². The van der Waals surface area contributed by atoms with Crippen LogP contribution < -0.4 is 0 Å². The fourth-order valence-electron chi connectivity index (χ4n) is 1.89. The normalized spacial score (nSPS) is 11.1.